The number of aromatic hydroxyl groups is 1. The number of rotatable bonds is 1. The van der Waals surface area contributed by atoms with Crippen molar-refractivity contribution in [2.24, 2.45) is 0 Å². The summed E-state index contributed by atoms with van der Waals surface area (Å²) in [6.07, 6.45) is 2.64. The molecule has 2 heterocycles. The Bertz CT molecular complexity index is 660. The zero-order valence-electron chi connectivity index (χ0n) is 11.0. The van der Waals surface area contributed by atoms with Gasteiger partial charge in [0.25, 0.3) is 0 Å². The maximum atomic E-state index is 9.61. The molecule has 1 unspecified atom stereocenters. The van der Waals surface area contributed by atoms with Crippen molar-refractivity contribution in [3.05, 3.63) is 29.5 Å². The number of phenols is 1. The third-order valence-electron chi connectivity index (χ3n) is 3.62. The monoisotopic (exact) mass is 255 g/mol. The quantitative estimate of drug-likeness (QED) is 0.770. The van der Waals surface area contributed by atoms with Gasteiger partial charge in [0.1, 0.15) is 17.1 Å². The largest absolute Gasteiger partial charge is 0.508 e. The van der Waals surface area contributed by atoms with E-state index >= 15 is 0 Å². The molecule has 0 saturated carbocycles. The first-order valence-electron chi connectivity index (χ1n) is 6.64. The molecule has 3 heteroatoms. The summed E-state index contributed by atoms with van der Waals surface area (Å²) in [4.78, 5) is 0. The topological polar surface area (TPSA) is 45.4 Å². The summed E-state index contributed by atoms with van der Waals surface area (Å²) in [5.74, 6) is 7.39. The molecule has 19 heavy (non-hydrogen) atoms. The molecule has 2 aromatic rings. The van der Waals surface area contributed by atoms with Gasteiger partial charge in [0, 0.05) is 29.8 Å². The summed E-state index contributed by atoms with van der Waals surface area (Å²) < 4.78 is 5.94. The Balaban J connectivity index is 1.98. The van der Waals surface area contributed by atoms with Crippen LogP contribution in [0.15, 0.2) is 22.6 Å². The van der Waals surface area contributed by atoms with E-state index in [0.29, 0.717) is 11.8 Å². The second-order valence-corrected chi connectivity index (χ2v) is 4.92. The van der Waals surface area contributed by atoms with Crippen LogP contribution in [0.1, 0.15) is 24.7 Å². The van der Waals surface area contributed by atoms with Crippen molar-refractivity contribution in [1.82, 2.24) is 5.32 Å². The maximum absolute atomic E-state index is 9.61. The molecule has 1 aliphatic rings. The van der Waals surface area contributed by atoms with E-state index in [9.17, 15) is 5.11 Å². The van der Waals surface area contributed by atoms with Crippen LogP contribution >= 0.6 is 0 Å². The highest BCUT2D eigenvalue weighted by atomic mass is 16.3. The first-order chi connectivity index (χ1) is 9.28. The SMILES string of the molecule is CC#CCC1Cc2oc3ccc(O)cc3c2CCN1. The fourth-order valence-corrected chi connectivity index (χ4v) is 2.69. The van der Waals surface area contributed by atoms with Crippen LogP contribution < -0.4 is 5.32 Å². The average Bonchev–Trinajstić information content (AvgIpc) is 2.61. The highest BCUT2D eigenvalue weighted by Crippen LogP contribution is 2.31. The van der Waals surface area contributed by atoms with E-state index in [2.05, 4.69) is 17.2 Å². The molecule has 1 aliphatic heterocycles. The van der Waals surface area contributed by atoms with Gasteiger partial charge >= 0.3 is 0 Å². The standard InChI is InChI=1S/C16H17NO2/c1-2-3-4-11-9-16-13(7-8-17-11)14-10-12(18)5-6-15(14)19-16/h5-6,10-11,17-18H,4,7-9H2,1H3. The van der Waals surface area contributed by atoms with E-state index < -0.39 is 0 Å². The van der Waals surface area contributed by atoms with Crippen LogP contribution in [0.4, 0.5) is 0 Å². The van der Waals surface area contributed by atoms with Crippen LogP contribution in [0.3, 0.4) is 0 Å². The fraction of sp³-hybridized carbons (Fsp3) is 0.375. The van der Waals surface area contributed by atoms with E-state index in [-0.39, 0.29) is 0 Å². The number of phenolic OH excluding ortho intramolecular Hbond substituents is 1. The van der Waals surface area contributed by atoms with Crippen LogP contribution in [0.5, 0.6) is 5.75 Å². The lowest BCUT2D eigenvalue weighted by atomic mass is 10.0. The third kappa shape index (κ3) is 2.32. The van der Waals surface area contributed by atoms with Crippen LogP contribution in [0.25, 0.3) is 11.0 Å². The lowest BCUT2D eigenvalue weighted by Crippen LogP contribution is -2.30. The van der Waals surface area contributed by atoms with E-state index in [4.69, 9.17) is 4.42 Å². The number of nitrogens with one attached hydrogen (secondary N) is 1. The number of hydrogen-bond donors (Lipinski definition) is 2. The lowest BCUT2D eigenvalue weighted by Gasteiger charge is -2.11. The Morgan fingerprint density at radius 3 is 3.21 bits per heavy atom. The Morgan fingerprint density at radius 1 is 1.47 bits per heavy atom. The average molecular weight is 255 g/mol. The van der Waals surface area contributed by atoms with Gasteiger partial charge in [-0.2, -0.15) is 0 Å². The molecule has 98 valence electrons. The lowest BCUT2D eigenvalue weighted by molar-refractivity contribution is 0.472. The summed E-state index contributed by atoms with van der Waals surface area (Å²) in [6, 6.07) is 5.66. The van der Waals surface area contributed by atoms with Crippen LogP contribution in [0, 0.1) is 11.8 Å². The summed E-state index contributed by atoms with van der Waals surface area (Å²) >= 11 is 0. The van der Waals surface area contributed by atoms with E-state index in [0.717, 1.165) is 42.5 Å². The molecule has 3 nitrogen and oxygen atoms in total. The molecule has 3 rings (SSSR count). The smallest absolute Gasteiger partial charge is 0.134 e. The molecule has 0 saturated heterocycles. The molecular formula is C16H17NO2. The van der Waals surface area contributed by atoms with Gasteiger partial charge in [-0.15, -0.1) is 11.8 Å². The number of fused-ring (bicyclic) bond motifs is 3. The zero-order chi connectivity index (χ0) is 13.2. The second-order valence-electron chi connectivity index (χ2n) is 4.92. The summed E-state index contributed by atoms with van der Waals surface area (Å²) in [5.41, 5.74) is 2.09. The highest BCUT2D eigenvalue weighted by Gasteiger charge is 2.21. The molecule has 2 N–H and O–H groups in total. The molecular weight excluding hydrogens is 238 g/mol. The van der Waals surface area contributed by atoms with Crippen LogP contribution in [-0.2, 0) is 12.8 Å². The first kappa shape index (κ1) is 12.1. The van der Waals surface area contributed by atoms with Crippen LogP contribution in [0.2, 0.25) is 0 Å². The molecule has 1 aromatic heterocycles. The highest BCUT2D eigenvalue weighted by molar-refractivity contribution is 5.83. The predicted octanol–water partition coefficient (Wildman–Crippen LogP) is 2.61. The minimum atomic E-state index is 0.293. The summed E-state index contributed by atoms with van der Waals surface area (Å²) in [6.45, 7) is 2.79. The van der Waals surface area contributed by atoms with Crippen molar-refractivity contribution in [3.63, 3.8) is 0 Å². The van der Waals surface area contributed by atoms with Crippen molar-refractivity contribution in [2.45, 2.75) is 32.2 Å². The Morgan fingerprint density at radius 2 is 2.37 bits per heavy atom. The van der Waals surface area contributed by atoms with Gasteiger partial charge in [0.05, 0.1) is 0 Å². The van der Waals surface area contributed by atoms with Gasteiger partial charge in [-0.1, -0.05) is 0 Å². The predicted molar refractivity (Wildman–Crippen MR) is 75.1 cm³/mol. The number of furan rings is 1. The zero-order valence-corrected chi connectivity index (χ0v) is 11.0. The fourth-order valence-electron chi connectivity index (χ4n) is 2.69. The van der Waals surface area contributed by atoms with Gasteiger partial charge < -0.3 is 14.8 Å². The molecule has 1 aromatic carbocycles. The third-order valence-corrected chi connectivity index (χ3v) is 3.62. The molecule has 0 bridgehead atoms. The van der Waals surface area contributed by atoms with Gasteiger partial charge in [-0.05, 0) is 38.1 Å². The minimum absolute atomic E-state index is 0.293. The first-order valence-corrected chi connectivity index (χ1v) is 6.64. The molecule has 1 atom stereocenters. The number of hydrogen-bond acceptors (Lipinski definition) is 3. The van der Waals surface area contributed by atoms with Gasteiger partial charge in [-0.3, -0.25) is 0 Å². The van der Waals surface area contributed by atoms with Crippen molar-refractivity contribution in [3.8, 4) is 17.6 Å². The summed E-state index contributed by atoms with van der Waals surface area (Å²) in [7, 11) is 0. The van der Waals surface area contributed by atoms with E-state index in [1.807, 2.05) is 13.0 Å². The molecule has 0 fully saturated rings. The van der Waals surface area contributed by atoms with Crippen molar-refractivity contribution in [1.29, 1.82) is 0 Å². The maximum Gasteiger partial charge on any atom is 0.134 e. The number of benzene rings is 1. The molecule has 0 spiro atoms. The molecule has 0 radical (unpaired) electrons. The Hall–Kier alpha value is -1.92. The van der Waals surface area contributed by atoms with Crippen LogP contribution in [-0.4, -0.2) is 17.7 Å². The van der Waals surface area contributed by atoms with E-state index in [1.54, 1.807) is 12.1 Å². The Kier molecular flexibility index (Phi) is 3.18. The second kappa shape index (κ2) is 4.99. The van der Waals surface area contributed by atoms with Crippen molar-refractivity contribution < 1.29 is 9.52 Å². The molecule has 0 amide bonds. The normalized spacial score (nSPS) is 18.5. The van der Waals surface area contributed by atoms with Crippen molar-refractivity contribution >= 4 is 11.0 Å². The molecule has 0 aliphatic carbocycles. The van der Waals surface area contributed by atoms with Gasteiger partial charge in [-0.25, -0.2) is 0 Å². The van der Waals surface area contributed by atoms with E-state index in [1.165, 1.54) is 5.56 Å². The van der Waals surface area contributed by atoms with Gasteiger partial charge in [0.15, 0.2) is 0 Å². The summed E-state index contributed by atoms with van der Waals surface area (Å²) in [5, 5.41) is 14.2. The Labute approximate surface area is 112 Å². The van der Waals surface area contributed by atoms with Gasteiger partial charge in [0.2, 0.25) is 0 Å². The minimum Gasteiger partial charge on any atom is -0.508 e. The van der Waals surface area contributed by atoms with Crippen molar-refractivity contribution in [2.75, 3.05) is 6.54 Å².